The number of rotatable bonds is 3. The minimum atomic E-state index is 0.176. The summed E-state index contributed by atoms with van der Waals surface area (Å²) in [6, 6.07) is 12.8. The van der Waals surface area contributed by atoms with Gasteiger partial charge in [-0.3, -0.25) is 9.88 Å². The van der Waals surface area contributed by atoms with Crippen LogP contribution in [0.25, 0.3) is 33.4 Å². The number of nitrogen functional groups attached to an aromatic ring is 1. The van der Waals surface area contributed by atoms with Gasteiger partial charge in [-0.05, 0) is 50.2 Å². The van der Waals surface area contributed by atoms with Crippen molar-refractivity contribution in [2.45, 2.75) is 39.3 Å². The SMILES string of the molecule is CC.CC1(C)CN(C2CN(c3cnc4ccc(-c5ccc6oc(N)nc6c5)nc4c3)C2)CCN1. The third-order valence-corrected chi connectivity index (χ3v) is 6.57. The van der Waals surface area contributed by atoms with E-state index in [0.717, 1.165) is 66.2 Å². The lowest BCUT2D eigenvalue weighted by Crippen LogP contribution is -2.67. The van der Waals surface area contributed by atoms with E-state index in [4.69, 9.17) is 15.1 Å². The molecule has 8 nitrogen and oxygen atoms in total. The molecule has 6 rings (SSSR count). The summed E-state index contributed by atoms with van der Waals surface area (Å²) < 4.78 is 5.38. The highest BCUT2D eigenvalue weighted by Crippen LogP contribution is 2.29. The van der Waals surface area contributed by atoms with Crippen LogP contribution in [0.1, 0.15) is 27.7 Å². The van der Waals surface area contributed by atoms with Crippen LogP contribution in [0.2, 0.25) is 0 Å². The molecule has 4 aromatic rings. The van der Waals surface area contributed by atoms with Crippen LogP contribution in [0, 0.1) is 0 Å². The summed E-state index contributed by atoms with van der Waals surface area (Å²) in [5.74, 6) is 0. The van der Waals surface area contributed by atoms with Crippen molar-refractivity contribution in [1.82, 2.24) is 25.2 Å². The topological polar surface area (TPSA) is 96.3 Å². The molecule has 8 heteroatoms. The Bertz CT molecular complexity index is 1310. The van der Waals surface area contributed by atoms with Gasteiger partial charge in [0.2, 0.25) is 0 Å². The van der Waals surface area contributed by atoms with Gasteiger partial charge in [0.15, 0.2) is 5.58 Å². The van der Waals surface area contributed by atoms with Crippen molar-refractivity contribution < 1.29 is 4.42 Å². The number of nitrogens with one attached hydrogen (secondary N) is 1. The second-order valence-electron chi connectivity index (χ2n) is 9.50. The Morgan fingerprint density at radius 1 is 1.03 bits per heavy atom. The van der Waals surface area contributed by atoms with Crippen LogP contribution < -0.4 is 16.0 Å². The fourth-order valence-corrected chi connectivity index (χ4v) is 4.82. The summed E-state index contributed by atoms with van der Waals surface area (Å²) in [4.78, 5) is 18.8. The monoisotopic (exact) mass is 459 g/mol. The second kappa shape index (κ2) is 8.85. The van der Waals surface area contributed by atoms with Gasteiger partial charge in [-0.2, -0.15) is 4.98 Å². The van der Waals surface area contributed by atoms with Crippen molar-refractivity contribution in [2.75, 3.05) is 43.4 Å². The van der Waals surface area contributed by atoms with Gasteiger partial charge in [0.25, 0.3) is 6.01 Å². The van der Waals surface area contributed by atoms with E-state index in [9.17, 15) is 0 Å². The zero-order valence-electron chi connectivity index (χ0n) is 20.4. The van der Waals surface area contributed by atoms with Crippen molar-refractivity contribution in [2.24, 2.45) is 0 Å². The maximum atomic E-state index is 5.68. The number of fused-ring (bicyclic) bond motifs is 2. The molecule has 0 amide bonds. The summed E-state index contributed by atoms with van der Waals surface area (Å²) in [5, 5.41) is 3.60. The molecule has 1 aromatic carbocycles. The lowest BCUT2D eigenvalue weighted by Gasteiger charge is -2.50. The molecular weight excluding hydrogens is 426 g/mol. The van der Waals surface area contributed by atoms with E-state index >= 15 is 0 Å². The van der Waals surface area contributed by atoms with Crippen LogP contribution in [0.5, 0.6) is 0 Å². The first kappa shape index (κ1) is 22.6. The first-order chi connectivity index (χ1) is 16.4. The predicted molar refractivity (Wildman–Crippen MR) is 138 cm³/mol. The molecule has 0 bridgehead atoms. The average molecular weight is 460 g/mol. The fourth-order valence-electron chi connectivity index (χ4n) is 4.82. The lowest BCUT2D eigenvalue weighted by atomic mass is 9.97. The Hall–Kier alpha value is -3.23. The number of pyridine rings is 2. The molecule has 0 atom stereocenters. The van der Waals surface area contributed by atoms with Gasteiger partial charge in [0, 0.05) is 49.9 Å². The predicted octanol–water partition coefficient (Wildman–Crippen LogP) is 3.92. The number of oxazole rings is 1. The van der Waals surface area contributed by atoms with E-state index in [0.29, 0.717) is 11.6 Å². The molecule has 0 unspecified atom stereocenters. The smallest absolute Gasteiger partial charge is 0.292 e. The minimum absolute atomic E-state index is 0.176. The summed E-state index contributed by atoms with van der Waals surface area (Å²) >= 11 is 0. The van der Waals surface area contributed by atoms with E-state index in [1.165, 1.54) is 0 Å². The van der Waals surface area contributed by atoms with Crippen molar-refractivity contribution in [3.63, 3.8) is 0 Å². The van der Waals surface area contributed by atoms with E-state index in [-0.39, 0.29) is 11.6 Å². The van der Waals surface area contributed by atoms with Crippen LogP contribution >= 0.6 is 0 Å². The number of hydrogen-bond acceptors (Lipinski definition) is 8. The first-order valence-corrected chi connectivity index (χ1v) is 12.1. The van der Waals surface area contributed by atoms with E-state index in [2.05, 4.69) is 45.0 Å². The molecule has 2 saturated heterocycles. The Kier molecular flexibility index (Phi) is 5.87. The van der Waals surface area contributed by atoms with Crippen LogP contribution in [-0.4, -0.2) is 64.2 Å². The van der Waals surface area contributed by atoms with Crippen molar-refractivity contribution in [3.8, 4) is 11.3 Å². The normalized spacial score (nSPS) is 18.5. The minimum Gasteiger partial charge on any atom is -0.424 e. The van der Waals surface area contributed by atoms with E-state index in [1.807, 2.05) is 50.4 Å². The van der Waals surface area contributed by atoms with E-state index < -0.39 is 0 Å². The number of nitrogens with zero attached hydrogens (tertiary/aromatic N) is 5. The van der Waals surface area contributed by atoms with Gasteiger partial charge in [-0.15, -0.1) is 0 Å². The third kappa shape index (κ3) is 4.31. The molecule has 2 fully saturated rings. The maximum Gasteiger partial charge on any atom is 0.292 e. The molecule has 3 aromatic heterocycles. The quantitative estimate of drug-likeness (QED) is 0.476. The highest BCUT2D eigenvalue weighted by molar-refractivity contribution is 5.84. The van der Waals surface area contributed by atoms with E-state index in [1.54, 1.807) is 0 Å². The Labute approximate surface area is 200 Å². The molecular formula is C26H33N7O. The molecule has 5 heterocycles. The fraction of sp³-hybridized carbons (Fsp3) is 0.423. The average Bonchev–Trinajstić information content (AvgIpc) is 3.17. The standard InChI is InChI=1S/C24H27N7O.C2H6/c1-24(2)14-30(8-7-27-24)17-12-31(13-17)16-10-20-19(26-11-16)5-4-18(28-20)15-3-6-22-21(9-15)29-23(25)32-22;1-2/h3-6,9-11,17,27H,7-8,12-14H2,1-2H3,(H2,25,29);1-2H3. The number of anilines is 2. The second-order valence-corrected chi connectivity index (χ2v) is 9.50. The summed E-state index contributed by atoms with van der Waals surface area (Å²) in [6.07, 6.45) is 1.96. The molecule has 2 aliphatic rings. The zero-order chi connectivity index (χ0) is 23.9. The van der Waals surface area contributed by atoms with Gasteiger partial charge < -0.3 is 20.4 Å². The van der Waals surface area contributed by atoms with Gasteiger partial charge in [-0.25, -0.2) is 4.98 Å². The largest absolute Gasteiger partial charge is 0.424 e. The summed E-state index contributed by atoms with van der Waals surface area (Å²) in [5.41, 5.74) is 12.0. The lowest BCUT2D eigenvalue weighted by molar-refractivity contribution is 0.0930. The molecule has 0 saturated carbocycles. The number of piperazine rings is 1. The van der Waals surface area contributed by atoms with Crippen LogP contribution in [0.15, 0.2) is 47.0 Å². The van der Waals surface area contributed by atoms with Gasteiger partial charge in [0.1, 0.15) is 5.52 Å². The summed E-state index contributed by atoms with van der Waals surface area (Å²) in [7, 11) is 0. The molecule has 34 heavy (non-hydrogen) atoms. The third-order valence-electron chi connectivity index (χ3n) is 6.57. The highest BCUT2D eigenvalue weighted by Gasteiger charge is 2.36. The Balaban J connectivity index is 0.00000117. The van der Waals surface area contributed by atoms with Crippen molar-refractivity contribution >= 4 is 33.8 Å². The van der Waals surface area contributed by atoms with Gasteiger partial charge in [0.05, 0.1) is 28.6 Å². The van der Waals surface area contributed by atoms with Crippen molar-refractivity contribution in [3.05, 3.63) is 42.6 Å². The van der Waals surface area contributed by atoms with Crippen LogP contribution in [0.3, 0.4) is 0 Å². The molecule has 0 aliphatic carbocycles. The highest BCUT2D eigenvalue weighted by atomic mass is 16.4. The van der Waals surface area contributed by atoms with Crippen LogP contribution in [0.4, 0.5) is 11.7 Å². The maximum absolute atomic E-state index is 5.68. The zero-order valence-corrected chi connectivity index (χ0v) is 20.4. The van der Waals surface area contributed by atoms with Crippen molar-refractivity contribution in [1.29, 1.82) is 0 Å². The van der Waals surface area contributed by atoms with Gasteiger partial charge in [-0.1, -0.05) is 13.8 Å². The molecule has 178 valence electrons. The van der Waals surface area contributed by atoms with Gasteiger partial charge >= 0.3 is 0 Å². The molecule has 0 radical (unpaired) electrons. The number of hydrogen-bond donors (Lipinski definition) is 2. The molecule has 0 spiro atoms. The first-order valence-electron chi connectivity index (χ1n) is 12.1. The Morgan fingerprint density at radius 2 is 1.85 bits per heavy atom. The molecule has 3 N–H and O–H groups in total. The van der Waals surface area contributed by atoms with Crippen LogP contribution in [-0.2, 0) is 0 Å². The summed E-state index contributed by atoms with van der Waals surface area (Å²) in [6.45, 7) is 13.9. The Morgan fingerprint density at radius 3 is 2.65 bits per heavy atom. The number of benzene rings is 1. The number of aromatic nitrogens is 3. The number of nitrogens with two attached hydrogens (primary N) is 1. The molecule has 2 aliphatic heterocycles.